The van der Waals surface area contributed by atoms with E-state index in [-0.39, 0.29) is 12.5 Å². The molecule has 0 fully saturated rings. The van der Waals surface area contributed by atoms with Crippen LogP contribution in [0.25, 0.3) is 43.9 Å². The second-order valence-electron chi connectivity index (χ2n) is 10.2. The lowest BCUT2D eigenvalue weighted by Crippen LogP contribution is -2.37. The number of thiophene rings is 1. The Balaban J connectivity index is 1.57. The van der Waals surface area contributed by atoms with Gasteiger partial charge in [-0.25, -0.2) is 13.8 Å². The van der Waals surface area contributed by atoms with Gasteiger partial charge in [0.2, 0.25) is 5.91 Å². The molecule has 1 atom stereocenters. The van der Waals surface area contributed by atoms with Crippen LogP contribution in [-0.2, 0) is 22.6 Å². The van der Waals surface area contributed by atoms with E-state index in [2.05, 4.69) is 11.7 Å². The SMILES string of the molecule is C=CC(=O)N1CCn2nc(-c3nc(-c4cnn([C@@H](CO)CF)c4)c4ccsc4c3-c3ccc(F)cc3OCCOC)cc2C1. The van der Waals surface area contributed by atoms with E-state index in [1.807, 2.05) is 22.2 Å². The molecule has 228 valence electrons. The maximum Gasteiger partial charge on any atom is 0.246 e. The maximum absolute atomic E-state index is 14.5. The number of aromatic nitrogens is 5. The zero-order valence-corrected chi connectivity index (χ0v) is 24.8. The van der Waals surface area contributed by atoms with Gasteiger partial charge in [0.1, 0.15) is 42.3 Å². The number of carbonyl (C=O) groups excluding carboxylic acids is 1. The third-order valence-electron chi connectivity index (χ3n) is 7.53. The fourth-order valence-electron chi connectivity index (χ4n) is 5.30. The first-order valence-corrected chi connectivity index (χ1v) is 14.9. The molecule has 13 heteroatoms. The smallest absolute Gasteiger partial charge is 0.246 e. The summed E-state index contributed by atoms with van der Waals surface area (Å²) >= 11 is 1.49. The molecule has 44 heavy (non-hydrogen) atoms. The van der Waals surface area contributed by atoms with Crippen molar-refractivity contribution in [1.82, 2.24) is 29.4 Å². The van der Waals surface area contributed by atoms with Gasteiger partial charge in [0.05, 0.1) is 43.9 Å². The van der Waals surface area contributed by atoms with E-state index >= 15 is 0 Å². The normalized spacial score (nSPS) is 13.7. The van der Waals surface area contributed by atoms with Gasteiger partial charge in [0.15, 0.2) is 0 Å². The van der Waals surface area contributed by atoms with E-state index in [0.717, 1.165) is 15.8 Å². The number of carbonyl (C=O) groups is 1. The number of methoxy groups -OCH3 is 1. The highest BCUT2D eigenvalue weighted by molar-refractivity contribution is 7.18. The van der Waals surface area contributed by atoms with Gasteiger partial charge in [-0.15, -0.1) is 11.3 Å². The van der Waals surface area contributed by atoms with Gasteiger partial charge in [0.25, 0.3) is 0 Å². The van der Waals surface area contributed by atoms with Crippen LogP contribution >= 0.6 is 11.3 Å². The fraction of sp³-hybridized carbons (Fsp3) is 0.290. The van der Waals surface area contributed by atoms with Crippen LogP contribution in [0.3, 0.4) is 0 Å². The number of fused-ring (bicyclic) bond motifs is 2. The van der Waals surface area contributed by atoms with Crippen LogP contribution in [0.5, 0.6) is 5.75 Å². The summed E-state index contributed by atoms with van der Waals surface area (Å²) in [7, 11) is 1.56. The number of halogens is 2. The lowest BCUT2D eigenvalue weighted by atomic mass is 9.97. The maximum atomic E-state index is 14.5. The Labute approximate surface area is 255 Å². The quantitative estimate of drug-likeness (QED) is 0.166. The number of ether oxygens (including phenoxy) is 2. The first kappa shape index (κ1) is 29.6. The first-order valence-electron chi connectivity index (χ1n) is 14.0. The Morgan fingerprint density at radius 2 is 2.09 bits per heavy atom. The monoisotopic (exact) mass is 620 g/mol. The lowest BCUT2D eigenvalue weighted by molar-refractivity contribution is -0.127. The molecule has 0 radical (unpaired) electrons. The molecule has 1 aliphatic heterocycles. The topological polar surface area (TPSA) is 108 Å². The number of pyridine rings is 1. The molecular formula is C31H30F2N6O4S. The van der Waals surface area contributed by atoms with Crippen LogP contribution in [0.2, 0.25) is 0 Å². The van der Waals surface area contributed by atoms with E-state index in [0.29, 0.717) is 65.8 Å². The Hall–Kier alpha value is -4.46. The summed E-state index contributed by atoms with van der Waals surface area (Å²) in [6, 6.07) is 7.42. The molecule has 1 aromatic carbocycles. The molecule has 0 saturated carbocycles. The molecule has 5 heterocycles. The highest BCUT2D eigenvalue weighted by atomic mass is 32.1. The minimum Gasteiger partial charge on any atom is -0.490 e. The average molecular weight is 621 g/mol. The Bertz CT molecular complexity index is 1830. The Morgan fingerprint density at radius 3 is 2.86 bits per heavy atom. The molecule has 0 unspecified atom stereocenters. The second-order valence-corrected chi connectivity index (χ2v) is 11.2. The third kappa shape index (κ3) is 5.49. The standard InChI is InChI=1S/C31H30F2N6O4S/c1-3-27(41)37-7-8-38-21(17-37)13-25(36-38)30-28(23-5-4-20(33)12-26(23)43-10-9-42-2)31-24(6-11-44-31)29(35-30)19-15-34-39(16-19)22(14-32)18-40/h3-6,11-13,15-16,22,40H,1,7-10,14,17-18H2,2H3/t22-/m1/s1. The molecule has 4 aromatic heterocycles. The molecule has 6 rings (SSSR count). The molecular weight excluding hydrogens is 590 g/mol. The van der Waals surface area contributed by atoms with Gasteiger partial charge in [-0.1, -0.05) is 6.58 Å². The summed E-state index contributed by atoms with van der Waals surface area (Å²) in [5.74, 6) is -0.269. The number of aliphatic hydroxyl groups excluding tert-OH is 1. The minimum absolute atomic E-state index is 0.157. The molecule has 10 nitrogen and oxygen atoms in total. The number of nitrogens with zero attached hydrogens (tertiary/aromatic N) is 6. The van der Waals surface area contributed by atoms with Crippen molar-refractivity contribution in [3.63, 3.8) is 0 Å². The molecule has 0 bridgehead atoms. The van der Waals surface area contributed by atoms with Crippen LogP contribution in [0, 0.1) is 5.82 Å². The zero-order valence-electron chi connectivity index (χ0n) is 23.9. The fourth-order valence-corrected chi connectivity index (χ4v) is 6.26. The van der Waals surface area contributed by atoms with Gasteiger partial charge in [0, 0.05) is 52.7 Å². The molecule has 1 N–H and O–H groups in total. The van der Waals surface area contributed by atoms with E-state index in [1.54, 1.807) is 30.5 Å². The highest BCUT2D eigenvalue weighted by Gasteiger charge is 2.27. The molecule has 0 aliphatic carbocycles. The van der Waals surface area contributed by atoms with E-state index in [1.165, 1.54) is 34.2 Å². The largest absolute Gasteiger partial charge is 0.490 e. The van der Waals surface area contributed by atoms with Gasteiger partial charge in [-0.2, -0.15) is 10.2 Å². The van der Waals surface area contributed by atoms with Gasteiger partial charge < -0.3 is 19.5 Å². The van der Waals surface area contributed by atoms with Crippen LogP contribution in [-0.4, -0.2) is 80.6 Å². The second kappa shape index (κ2) is 12.6. The van der Waals surface area contributed by atoms with E-state index in [9.17, 15) is 18.7 Å². The molecule has 0 spiro atoms. The molecule has 0 saturated heterocycles. The summed E-state index contributed by atoms with van der Waals surface area (Å²) < 4.78 is 43.3. The number of alkyl halides is 1. The number of amides is 1. The van der Waals surface area contributed by atoms with Crippen molar-refractivity contribution in [2.75, 3.05) is 40.1 Å². The van der Waals surface area contributed by atoms with Crippen LogP contribution in [0.15, 0.2) is 60.8 Å². The Kier molecular flexibility index (Phi) is 8.51. The summed E-state index contributed by atoms with van der Waals surface area (Å²) in [5.41, 5.74) is 4.50. The van der Waals surface area contributed by atoms with Crippen molar-refractivity contribution in [3.8, 4) is 39.5 Å². The van der Waals surface area contributed by atoms with Crippen molar-refractivity contribution in [3.05, 3.63) is 72.3 Å². The summed E-state index contributed by atoms with van der Waals surface area (Å²) in [4.78, 5) is 19.2. The number of hydrogen-bond donors (Lipinski definition) is 1. The van der Waals surface area contributed by atoms with Crippen molar-refractivity contribution >= 4 is 27.3 Å². The molecule has 1 amide bonds. The summed E-state index contributed by atoms with van der Waals surface area (Å²) in [6.07, 6.45) is 4.56. The number of rotatable bonds is 11. The number of benzene rings is 1. The van der Waals surface area contributed by atoms with Crippen molar-refractivity contribution in [2.45, 2.75) is 19.1 Å². The van der Waals surface area contributed by atoms with Crippen LogP contribution < -0.4 is 4.74 Å². The lowest BCUT2D eigenvalue weighted by Gasteiger charge is -2.26. The molecule has 1 aliphatic rings. The number of aliphatic hydroxyl groups is 1. The van der Waals surface area contributed by atoms with Crippen LogP contribution in [0.1, 0.15) is 11.7 Å². The first-order chi connectivity index (χ1) is 21.4. The van der Waals surface area contributed by atoms with Crippen molar-refractivity contribution in [2.24, 2.45) is 0 Å². The minimum atomic E-state index is -0.812. The zero-order chi connectivity index (χ0) is 30.8. The van der Waals surface area contributed by atoms with E-state index in [4.69, 9.17) is 19.6 Å². The summed E-state index contributed by atoms with van der Waals surface area (Å²) in [5, 5.41) is 21.6. The van der Waals surface area contributed by atoms with Crippen molar-refractivity contribution in [1.29, 1.82) is 0 Å². The predicted molar refractivity (Wildman–Crippen MR) is 163 cm³/mol. The van der Waals surface area contributed by atoms with Gasteiger partial charge >= 0.3 is 0 Å². The number of hydrogen-bond acceptors (Lipinski definition) is 8. The van der Waals surface area contributed by atoms with Crippen molar-refractivity contribution < 1.29 is 28.2 Å². The average Bonchev–Trinajstić information content (AvgIpc) is 3.81. The third-order valence-corrected chi connectivity index (χ3v) is 8.46. The molecule has 5 aromatic rings. The highest BCUT2D eigenvalue weighted by Crippen LogP contribution is 2.46. The van der Waals surface area contributed by atoms with E-state index < -0.39 is 25.1 Å². The summed E-state index contributed by atoms with van der Waals surface area (Å²) in [6.45, 7) is 4.32. The van der Waals surface area contributed by atoms with Gasteiger partial charge in [-0.05, 0) is 35.7 Å². The van der Waals surface area contributed by atoms with Crippen LogP contribution in [0.4, 0.5) is 8.78 Å². The van der Waals surface area contributed by atoms with Gasteiger partial charge in [-0.3, -0.25) is 14.2 Å². The predicted octanol–water partition coefficient (Wildman–Crippen LogP) is 4.89. The Morgan fingerprint density at radius 1 is 1.23 bits per heavy atom.